The molecule has 136 valence electrons. The number of carboxylic acids is 1. The second-order valence-electron chi connectivity index (χ2n) is 6.33. The minimum absolute atomic E-state index is 0.0174. The summed E-state index contributed by atoms with van der Waals surface area (Å²) < 4.78 is 27.7. The van der Waals surface area contributed by atoms with E-state index in [-0.39, 0.29) is 11.3 Å². The van der Waals surface area contributed by atoms with Crippen molar-refractivity contribution in [1.82, 2.24) is 9.71 Å². The molecule has 1 aromatic heterocycles. The average molecular weight is 371 g/mol. The fourth-order valence-corrected chi connectivity index (χ4v) is 4.46. The molecule has 0 saturated heterocycles. The Labute approximate surface area is 151 Å². The minimum Gasteiger partial charge on any atom is -0.548 e. The Morgan fingerprint density at radius 3 is 2.65 bits per heavy atom. The summed E-state index contributed by atoms with van der Waals surface area (Å²) in [5.74, 6) is -1.47. The van der Waals surface area contributed by atoms with E-state index in [4.69, 9.17) is 0 Å². The summed E-state index contributed by atoms with van der Waals surface area (Å²) in [6, 6.07) is 11.1. The van der Waals surface area contributed by atoms with Crippen molar-refractivity contribution in [2.75, 3.05) is 0 Å². The van der Waals surface area contributed by atoms with E-state index in [0.29, 0.717) is 11.1 Å². The van der Waals surface area contributed by atoms with Gasteiger partial charge in [0.15, 0.2) is 0 Å². The first-order chi connectivity index (χ1) is 12.3. The van der Waals surface area contributed by atoms with Gasteiger partial charge in [0.25, 0.3) is 0 Å². The van der Waals surface area contributed by atoms with E-state index in [1.165, 1.54) is 6.07 Å². The highest BCUT2D eigenvalue weighted by molar-refractivity contribution is 7.89. The molecule has 2 N–H and O–H groups in total. The summed E-state index contributed by atoms with van der Waals surface area (Å²) in [5, 5.41) is 12.4. The molecule has 0 saturated carbocycles. The van der Waals surface area contributed by atoms with Gasteiger partial charge in [0.1, 0.15) is 0 Å². The average Bonchev–Trinajstić information content (AvgIpc) is 2.99. The monoisotopic (exact) mass is 371 g/mol. The third-order valence-corrected chi connectivity index (χ3v) is 5.93. The maximum atomic E-state index is 12.7. The van der Waals surface area contributed by atoms with Gasteiger partial charge in [0.05, 0.1) is 16.9 Å². The van der Waals surface area contributed by atoms with Crippen LogP contribution in [0.25, 0.3) is 10.9 Å². The second kappa shape index (κ2) is 6.93. The largest absolute Gasteiger partial charge is 0.548 e. The molecule has 0 unspecified atom stereocenters. The SMILES string of the molecule is Cc1ccc(C)c(S(=O)(=O)N[C@@H](Cc2c[nH]c3ccccc23)C(=O)[O-])c1. The second-order valence-corrected chi connectivity index (χ2v) is 8.01. The summed E-state index contributed by atoms with van der Waals surface area (Å²) in [4.78, 5) is 14.7. The van der Waals surface area contributed by atoms with Crippen molar-refractivity contribution in [3.05, 3.63) is 65.4 Å². The van der Waals surface area contributed by atoms with Crippen LogP contribution < -0.4 is 9.83 Å². The highest BCUT2D eigenvalue weighted by atomic mass is 32.2. The normalized spacial score (nSPS) is 13.0. The van der Waals surface area contributed by atoms with E-state index in [0.717, 1.165) is 16.5 Å². The Morgan fingerprint density at radius 1 is 1.19 bits per heavy atom. The molecule has 0 radical (unpaired) electrons. The zero-order valence-corrected chi connectivity index (χ0v) is 15.3. The number of fused-ring (bicyclic) bond motifs is 1. The predicted octanol–water partition coefficient (Wildman–Crippen LogP) is 1.42. The first-order valence-electron chi connectivity index (χ1n) is 8.13. The number of benzene rings is 2. The van der Waals surface area contributed by atoms with Gasteiger partial charge in [-0.15, -0.1) is 0 Å². The highest BCUT2D eigenvalue weighted by Gasteiger charge is 2.23. The van der Waals surface area contributed by atoms with Gasteiger partial charge in [-0.1, -0.05) is 30.3 Å². The molecule has 0 spiro atoms. The number of carboxylic acid groups (broad SMARTS) is 1. The van der Waals surface area contributed by atoms with E-state index in [2.05, 4.69) is 9.71 Å². The molecule has 7 heteroatoms. The van der Waals surface area contributed by atoms with Crippen LogP contribution >= 0.6 is 0 Å². The fraction of sp³-hybridized carbons (Fsp3) is 0.211. The summed E-state index contributed by atoms with van der Waals surface area (Å²) in [6.45, 7) is 3.45. The molecule has 1 heterocycles. The van der Waals surface area contributed by atoms with Crippen molar-refractivity contribution >= 4 is 26.9 Å². The van der Waals surface area contributed by atoms with E-state index in [1.54, 1.807) is 32.2 Å². The Bertz CT molecular complexity index is 1070. The van der Waals surface area contributed by atoms with Crippen LogP contribution in [-0.4, -0.2) is 25.4 Å². The number of nitrogens with one attached hydrogen (secondary N) is 2. The fourth-order valence-electron chi connectivity index (χ4n) is 2.94. The number of hydrogen-bond donors (Lipinski definition) is 2. The molecule has 6 nitrogen and oxygen atoms in total. The van der Waals surface area contributed by atoms with Crippen molar-refractivity contribution in [3.63, 3.8) is 0 Å². The summed E-state index contributed by atoms with van der Waals surface area (Å²) in [7, 11) is -4.00. The smallest absolute Gasteiger partial charge is 0.241 e. The number of hydrogen-bond acceptors (Lipinski definition) is 4. The molecular formula is C19H19N2O4S-. The Balaban J connectivity index is 1.91. The van der Waals surface area contributed by atoms with Gasteiger partial charge in [0.2, 0.25) is 10.0 Å². The number of H-pyrrole nitrogens is 1. The molecule has 1 atom stereocenters. The van der Waals surface area contributed by atoms with Crippen LogP contribution in [-0.2, 0) is 21.2 Å². The van der Waals surface area contributed by atoms with Crippen molar-refractivity contribution in [1.29, 1.82) is 0 Å². The Hall–Kier alpha value is -2.64. The number of aliphatic carboxylic acids is 1. The van der Waals surface area contributed by atoms with Gasteiger partial charge in [-0.25, -0.2) is 13.1 Å². The molecule has 2 aromatic carbocycles. The van der Waals surface area contributed by atoms with Crippen LogP contribution in [0.1, 0.15) is 16.7 Å². The first kappa shape index (κ1) is 18.2. The highest BCUT2D eigenvalue weighted by Crippen LogP contribution is 2.21. The lowest BCUT2D eigenvalue weighted by Gasteiger charge is -2.20. The van der Waals surface area contributed by atoms with E-state index >= 15 is 0 Å². The minimum atomic E-state index is -4.00. The number of rotatable bonds is 6. The van der Waals surface area contributed by atoms with Crippen LogP contribution in [0.15, 0.2) is 53.6 Å². The quantitative estimate of drug-likeness (QED) is 0.684. The zero-order valence-electron chi connectivity index (χ0n) is 14.4. The van der Waals surface area contributed by atoms with E-state index in [1.807, 2.05) is 24.3 Å². The lowest BCUT2D eigenvalue weighted by molar-refractivity contribution is -0.307. The first-order valence-corrected chi connectivity index (χ1v) is 9.61. The number of sulfonamides is 1. The standard InChI is InChI=1S/C19H20N2O4S/c1-12-7-8-13(2)18(9-12)26(24,25)21-17(19(22)23)10-14-11-20-16-6-4-3-5-15(14)16/h3-9,11,17,20-21H,10H2,1-2H3,(H,22,23)/p-1/t17-/m0/s1. The summed E-state index contributed by atoms with van der Waals surface area (Å²) >= 11 is 0. The number of aromatic amines is 1. The zero-order chi connectivity index (χ0) is 18.9. The molecule has 0 amide bonds. The number of carbonyl (C=O) groups excluding carboxylic acids is 1. The third-order valence-electron chi connectivity index (χ3n) is 4.31. The van der Waals surface area contributed by atoms with Crippen LogP contribution in [0, 0.1) is 13.8 Å². The van der Waals surface area contributed by atoms with Crippen LogP contribution in [0.4, 0.5) is 0 Å². The molecule has 0 fully saturated rings. The van der Waals surface area contributed by atoms with Crippen LogP contribution in [0.5, 0.6) is 0 Å². The molecule has 0 bridgehead atoms. The molecule has 0 aliphatic rings. The summed E-state index contributed by atoms with van der Waals surface area (Å²) in [5.41, 5.74) is 2.89. The van der Waals surface area contributed by atoms with E-state index in [9.17, 15) is 18.3 Å². The topological polar surface area (TPSA) is 102 Å². The molecule has 26 heavy (non-hydrogen) atoms. The number of para-hydroxylation sites is 1. The van der Waals surface area contributed by atoms with Crippen molar-refractivity contribution in [2.45, 2.75) is 31.2 Å². The van der Waals surface area contributed by atoms with Gasteiger partial charge in [0, 0.05) is 17.1 Å². The molecule has 0 aliphatic carbocycles. The van der Waals surface area contributed by atoms with Gasteiger partial charge in [-0.3, -0.25) is 0 Å². The van der Waals surface area contributed by atoms with Crippen molar-refractivity contribution in [3.8, 4) is 0 Å². The maximum Gasteiger partial charge on any atom is 0.241 e. The molecular weight excluding hydrogens is 352 g/mol. The van der Waals surface area contributed by atoms with Gasteiger partial charge in [-0.2, -0.15) is 0 Å². The Kier molecular flexibility index (Phi) is 4.84. The van der Waals surface area contributed by atoms with Gasteiger partial charge in [-0.05, 0) is 49.1 Å². The third kappa shape index (κ3) is 3.63. The summed E-state index contributed by atoms with van der Waals surface area (Å²) in [6.07, 6.45) is 1.67. The Morgan fingerprint density at radius 2 is 1.92 bits per heavy atom. The van der Waals surface area contributed by atoms with Gasteiger partial charge >= 0.3 is 0 Å². The number of aryl methyl sites for hydroxylation is 2. The number of aromatic nitrogens is 1. The van der Waals surface area contributed by atoms with Crippen LogP contribution in [0.2, 0.25) is 0 Å². The van der Waals surface area contributed by atoms with Crippen molar-refractivity contribution in [2.24, 2.45) is 0 Å². The lowest BCUT2D eigenvalue weighted by atomic mass is 10.1. The number of carbonyl (C=O) groups is 1. The van der Waals surface area contributed by atoms with Crippen molar-refractivity contribution < 1.29 is 18.3 Å². The maximum absolute atomic E-state index is 12.7. The molecule has 3 aromatic rings. The molecule has 0 aliphatic heterocycles. The van der Waals surface area contributed by atoms with E-state index < -0.39 is 22.0 Å². The lowest BCUT2D eigenvalue weighted by Crippen LogP contribution is -2.49. The van der Waals surface area contributed by atoms with Gasteiger partial charge < -0.3 is 14.9 Å². The molecule has 3 rings (SSSR count). The van der Waals surface area contributed by atoms with Crippen LogP contribution in [0.3, 0.4) is 0 Å². The predicted molar refractivity (Wildman–Crippen MR) is 97.0 cm³/mol.